The Balaban J connectivity index is 2.10. The summed E-state index contributed by atoms with van der Waals surface area (Å²) >= 11 is 12.4. The molecule has 0 amide bonds. The molecule has 0 radical (unpaired) electrons. The van der Waals surface area contributed by atoms with Crippen LogP contribution in [-0.4, -0.2) is 23.7 Å². The first kappa shape index (κ1) is 20.5. The van der Waals surface area contributed by atoms with Gasteiger partial charge in [-0.25, -0.2) is 0 Å². The Kier molecular flexibility index (Phi) is 7.60. The average Bonchev–Trinajstić information content (AvgIpc) is 2.48. The van der Waals surface area contributed by atoms with Crippen LogP contribution in [-0.2, 0) is 10.2 Å². The summed E-state index contributed by atoms with van der Waals surface area (Å²) in [5.41, 5.74) is 1.39. The lowest BCUT2D eigenvalue weighted by Crippen LogP contribution is -2.53. The minimum absolute atomic E-state index is 0.116. The molecule has 25 heavy (non-hydrogen) atoms. The number of halogens is 2. The van der Waals surface area contributed by atoms with E-state index in [0.717, 1.165) is 38.6 Å². The SMILES string of the molecule is CC(C)CC(NCCCCC(=O)O)C1(c2ccc(Cl)c(Cl)c2)CCC1. The van der Waals surface area contributed by atoms with Crippen LogP contribution in [0.4, 0.5) is 0 Å². The van der Waals surface area contributed by atoms with Gasteiger partial charge in [-0.2, -0.15) is 0 Å². The molecule has 1 aromatic rings. The second-order valence-electron chi connectivity index (χ2n) is 7.63. The molecule has 5 heteroatoms. The Bertz CT molecular complexity index is 585. The number of hydrogen-bond acceptors (Lipinski definition) is 2. The van der Waals surface area contributed by atoms with E-state index in [-0.39, 0.29) is 11.8 Å². The van der Waals surface area contributed by atoms with Crippen molar-refractivity contribution in [1.82, 2.24) is 5.32 Å². The number of benzene rings is 1. The molecular formula is C20H29Cl2NO2. The molecule has 1 atom stereocenters. The molecule has 2 rings (SSSR count). The predicted molar refractivity (Wildman–Crippen MR) is 105 cm³/mol. The molecule has 140 valence electrons. The van der Waals surface area contributed by atoms with Crippen molar-refractivity contribution in [1.29, 1.82) is 0 Å². The van der Waals surface area contributed by atoms with Gasteiger partial charge in [-0.05, 0) is 62.3 Å². The molecule has 3 nitrogen and oxygen atoms in total. The molecule has 0 spiro atoms. The normalized spacial score (nSPS) is 17.3. The van der Waals surface area contributed by atoms with Crippen LogP contribution in [0.3, 0.4) is 0 Å². The van der Waals surface area contributed by atoms with E-state index in [9.17, 15) is 4.79 Å². The highest BCUT2D eigenvalue weighted by molar-refractivity contribution is 6.42. The van der Waals surface area contributed by atoms with Crippen LogP contribution >= 0.6 is 23.2 Å². The molecule has 0 saturated heterocycles. The number of carboxylic acids is 1. The Morgan fingerprint density at radius 1 is 1.24 bits per heavy atom. The summed E-state index contributed by atoms with van der Waals surface area (Å²) in [5, 5.41) is 13.7. The van der Waals surface area contributed by atoms with Crippen molar-refractivity contribution in [3.05, 3.63) is 33.8 Å². The molecule has 0 heterocycles. The van der Waals surface area contributed by atoms with E-state index in [1.54, 1.807) is 0 Å². The van der Waals surface area contributed by atoms with Crippen LogP contribution in [0.1, 0.15) is 64.4 Å². The van der Waals surface area contributed by atoms with Gasteiger partial charge in [-0.15, -0.1) is 0 Å². The van der Waals surface area contributed by atoms with E-state index in [4.69, 9.17) is 28.3 Å². The summed E-state index contributed by atoms with van der Waals surface area (Å²) in [7, 11) is 0. The lowest BCUT2D eigenvalue weighted by Gasteiger charge is -2.49. The predicted octanol–water partition coefficient (Wildman–Crippen LogP) is 5.67. The zero-order valence-electron chi connectivity index (χ0n) is 15.2. The van der Waals surface area contributed by atoms with E-state index < -0.39 is 5.97 Å². The number of hydrogen-bond donors (Lipinski definition) is 2. The van der Waals surface area contributed by atoms with Gasteiger partial charge >= 0.3 is 5.97 Å². The maximum Gasteiger partial charge on any atom is 0.303 e. The van der Waals surface area contributed by atoms with Gasteiger partial charge in [0, 0.05) is 17.9 Å². The Morgan fingerprint density at radius 3 is 2.48 bits per heavy atom. The number of aliphatic carboxylic acids is 1. The number of unbranched alkanes of at least 4 members (excludes halogenated alkanes) is 1. The maximum atomic E-state index is 10.7. The van der Waals surface area contributed by atoms with E-state index in [1.165, 1.54) is 12.0 Å². The minimum Gasteiger partial charge on any atom is -0.481 e. The molecule has 0 bridgehead atoms. The summed E-state index contributed by atoms with van der Waals surface area (Å²) < 4.78 is 0. The molecule has 1 unspecified atom stereocenters. The highest BCUT2D eigenvalue weighted by atomic mass is 35.5. The Labute approximate surface area is 161 Å². The maximum absolute atomic E-state index is 10.7. The van der Waals surface area contributed by atoms with Crippen LogP contribution < -0.4 is 5.32 Å². The highest BCUT2D eigenvalue weighted by Gasteiger charge is 2.45. The monoisotopic (exact) mass is 385 g/mol. The van der Waals surface area contributed by atoms with Crippen LogP contribution in [0.5, 0.6) is 0 Å². The Morgan fingerprint density at radius 2 is 1.96 bits per heavy atom. The highest BCUT2D eigenvalue weighted by Crippen LogP contribution is 2.49. The van der Waals surface area contributed by atoms with E-state index in [1.807, 2.05) is 12.1 Å². The van der Waals surface area contributed by atoms with Gasteiger partial charge in [0.15, 0.2) is 0 Å². The van der Waals surface area contributed by atoms with Crippen LogP contribution in [0.2, 0.25) is 10.0 Å². The average molecular weight is 386 g/mol. The van der Waals surface area contributed by atoms with Crippen molar-refractivity contribution in [3.8, 4) is 0 Å². The van der Waals surface area contributed by atoms with Crippen LogP contribution in [0.25, 0.3) is 0 Å². The standard InChI is InChI=1S/C20H29Cl2NO2/c1-14(2)12-18(23-11-4-3-6-19(24)25)20(9-5-10-20)15-7-8-16(21)17(22)13-15/h7-8,13-14,18,23H,3-6,9-12H2,1-2H3,(H,24,25). The van der Waals surface area contributed by atoms with Gasteiger partial charge in [-0.3, -0.25) is 4.79 Å². The smallest absolute Gasteiger partial charge is 0.303 e. The quantitative estimate of drug-likeness (QED) is 0.509. The van der Waals surface area contributed by atoms with E-state index in [0.29, 0.717) is 22.0 Å². The molecule has 2 N–H and O–H groups in total. The fourth-order valence-electron chi connectivity index (χ4n) is 3.86. The van der Waals surface area contributed by atoms with Crippen LogP contribution in [0, 0.1) is 5.92 Å². The fourth-order valence-corrected chi connectivity index (χ4v) is 4.15. The second-order valence-corrected chi connectivity index (χ2v) is 8.44. The fraction of sp³-hybridized carbons (Fsp3) is 0.650. The van der Waals surface area contributed by atoms with Gasteiger partial charge in [0.25, 0.3) is 0 Å². The number of carboxylic acid groups (broad SMARTS) is 1. The molecule has 0 aliphatic heterocycles. The first-order chi connectivity index (χ1) is 11.8. The summed E-state index contributed by atoms with van der Waals surface area (Å²) in [6.45, 7) is 5.36. The summed E-state index contributed by atoms with van der Waals surface area (Å²) in [6.07, 6.45) is 6.49. The molecule has 1 aromatic carbocycles. The first-order valence-corrected chi connectivity index (χ1v) is 10.0. The minimum atomic E-state index is -0.718. The van der Waals surface area contributed by atoms with Gasteiger partial charge in [0.1, 0.15) is 0 Å². The number of carbonyl (C=O) groups is 1. The van der Waals surface area contributed by atoms with Crippen molar-refractivity contribution in [2.45, 2.75) is 70.3 Å². The summed E-state index contributed by atoms with van der Waals surface area (Å²) in [5.74, 6) is -0.123. The van der Waals surface area contributed by atoms with E-state index in [2.05, 4.69) is 25.2 Å². The zero-order chi connectivity index (χ0) is 18.4. The third kappa shape index (κ3) is 5.35. The molecule has 1 aliphatic carbocycles. The number of rotatable bonds is 10. The topological polar surface area (TPSA) is 49.3 Å². The molecule has 1 saturated carbocycles. The third-order valence-corrected chi connectivity index (χ3v) is 6.06. The van der Waals surface area contributed by atoms with E-state index >= 15 is 0 Å². The molecular weight excluding hydrogens is 357 g/mol. The largest absolute Gasteiger partial charge is 0.481 e. The van der Waals surface area contributed by atoms with Crippen molar-refractivity contribution in [3.63, 3.8) is 0 Å². The third-order valence-electron chi connectivity index (χ3n) is 5.32. The van der Waals surface area contributed by atoms with Gasteiger partial charge in [0.2, 0.25) is 0 Å². The Hall–Kier alpha value is -0.770. The van der Waals surface area contributed by atoms with Crippen molar-refractivity contribution >= 4 is 29.2 Å². The van der Waals surface area contributed by atoms with Crippen molar-refractivity contribution < 1.29 is 9.90 Å². The molecule has 1 aliphatic rings. The molecule has 0 aromatic heterocycles. The van der Waals surface area contributed by atoms with Gasteiger partial charge < -0.3 is 10.4 Å². The lowest BCUT2D eigenvalue weighted by molar-refractivity contribution is -0.137. The number of nitrogens with one attached hydrogen (secondary N) is 1. The van der Waals surface area contributed by atoms with Crippen molar-refractivity contribution in [2.24, 2.45) is 5.92 Å². The van der Waals surface area contributed by atoms with Gasteiger partial charge in [-0.1, -0.05) is 49.5 Å². The lowest BCUT2D eigenvalue weighted by atomic mass is 9.59. The second kappa shape index (κ2) is 9.25. The van der Waals surface area contributed by atoms with Crippen molar-refractivity contribution in [2.75, 3.05) is 6.54 Å². The zero-order valence-corrected chi connectivity index (χ0v) is 16.7. The first-order valence-electron chi connectivity index (χ1n) is 9.26. The summed E-state index contributed by atoms with van der Waals surface area (Å²) in [6, 6.07) is 6.43. The summed E-state index contributed by atoms with van der Waals surface area (Å²) in [4.78, 5) is 10.7. The van der Waals surface area contributed by atoms with Crippen LogP contribution in [0.15, 0.2) is 18.2 Å². The van der Waals surface area contributed by atoms with Gasteiger partial charge in [0.05, 0.1) is 10.0 Å². The molecule has 1 fully saturated rings.